The molecule has 0 N–H and O–H groups in total. The number of carbonyl (C=O) groups excluding carboxylic acids is 4. The Kier molecular flexibility index (Phi) is 6.69. The largest absolute Gasteiger partial charge is 0.624 e. The van der Waals surface area contributed by atoms with E-state index in [0.29, 0.717) is 4.74 Å². The molecule has 0 radical (unpaired) electrons. The first-order chi connectivity index (χ1) is 11.1. The van der Waals surface area contributed by atoms with Crippen LogP contribution >= 0.6 is 0 Å². The van der Waals surface area contributed by atoms with Crippen LogP contribution in [0.1, 0.15) is 27.7 Å². The highest BCUT2D eigenvalue weighted by Crippen LogP contribution is 2.20. The summed E-state index contributed by atoms with van der Waals surface area (Å²) >= 11 is 0. The zero-order valence-electron chi connectivity index (χ0n) is 13.8. The summed E-state index contributed by atoms with van der Waals surface area (Å²) in [5, 5.41) is 12.2. The Morgan fingerprint density at radius 3 is 1.96 bits per heavy atom. The van der Waals surface area contributed by atoms with Crippen LogP contribution < -0.4 is 0 Å². The molecule has 0 fully saturated rings. The molecule has 0 saturated heterocycles. The molecule has 0 bridgehead atoms. The zero-order chi connectivity index (χ0) is 18.4. The molecule has 1 rings (SSSR count). The maximum atomic E-state index is 12.2. The Morgan fingerprint density at radius 2 is 1.50 bits per heavy atom. The van der Waals surface area contributed by atoms with Gasteiger partial charge in [-0.1, -0.05) is 0 Å². The molecule has 0 aromatic carbocycles. The molecule has 0 amide bonds. The Morgan fingerprint density at radius 1 is 0.958 bits per heavy atom. The maximum absolute atomic E-state index is 12.2. The average molecular weight is 345 g/mol. The molecule has 0 aliphatic carbocycles. The number of esters is 4. The van der Waals surface area contributed by atoms with Gasteiger partial charge < -0.3 is 24.2 Å². The van der Waals surface area contributed by atoms with E-state index >= 15 is 0 Å². The highest BCUT2D eigenvalue weighted by molar-refractivity contribution is 5.90. The van der Waals surface area contributed by atoms with Gasteiger partial charge in [0.1, 0.15) is 0 Å². The molecule has 0 saturated carbocycles. The Hall–Kier alpha value is -2.65. The maximum Gasteiger partial charge on any atom is 0.303 e. The van der Waals surface area contributed by atoms with Gasteiger partial charge in [-0.2, -0.15) is 0 Å². The van der Waals surface area contributed by atoms with Gasteiger partial charge in [-0.05, 0) is 0 Å². The minimum atomic E-state index is -1.35. The quantitative estimate of drug-likeness (QED) is 0.275. The van der Waals surface area contributed by atoms with Gasteiger partial charge in [-0.3, -0.25) is 19.2 Å². The molecule has 134 valence electrons. The third-order valence-electron chi connectivity index (χ3n) is 2.99. The summed E-state index contributed by atoms with van der Waals surface area (Å²) in [5.74, 6) is -2.82. The van der Waals surface area contributed by atoms with E-state index in [0.717, 1.165) is 27.7 Å². The third kappa shape index (κ3) is 5.52. The van der Waals surface area contributed by atoms with Crippen molar-refractivity contribution in [2.45, 2.75) is 46.0 Å². The number of carbonyl (C=O) groups is 4. The number of nitrogens with zero attached hydrogens (tertiary/aromatic N) is 1. The average Bonchev–Trinajstić information content (AvgIpc) is 2.40. The van der Waals surface area contributed by atoms with E-state index in [4.69, 9.17) is 18.9 Å². The summed E-state index contributed by atoms with van der Waals surface area (Å²) in [6.07, 6.45) is -3.72. The van der Waals surface area contributed by atoms with Crippen molar-refractivity contribution in [3.05, 3.63) is 5.21 Å². The third-order valence-corrected chi connectivity index (χ3v) is 2.99. The topological polar surface area (TPSA) is 131 Å². The van der Waals surface area contributed by atoms with Crippen molar-refractivity contribution in [2.75, 3.05) is 13.2 Å². The number of rotatable bonds is 5. The van der Waals surface area contributed by atoms with Gasteiger partial charge in [0, 0.05) is 27.7 Å². The summed E-state index contributed by atoms with van der Waals surface area (Å²) in [6, 6.07) is 0. The van der Waals surface area contributed by atoms with Gasteiger partial charge in [0.05, 0.1) is 0 Å². The lowest BCUT2D eigenvalue weighted by molar-refractivity contribution is -0.485. The predicted octanol–water partition coefficient (Wildman–Crippen LogP) is -0.690. The summed E-state index contributed by atoms with van der Waals surface area (Å²) in [4.78, 5) is 44.9. The first-order valence-corrected chi connectivity index (χ1v) is 7.07. The number of ether oxygens (including phenoxy) is 4. The van der Waals surface area contributed by atoms with Crippen LogP contribution in [0.5, 0.6) is 0 Å². The van der Waals surface area contributed by atoms with E-state index in [9.17, 15) is 24.4 Å². The van der Waals surface area contributed by atoms with Crippen LogP contribution in [-0.2, 0) is 38.1 Å². The molecule has 0 aromatic rings. The first-order valence-electron chi connectivity index (χ1n) is 7.07. The lowest BCUT2D eigenvalue weighted by Gasteiger charge is -2.34. The lowest BCUT2D eigenvalue weighted by Crippen LogP contribution is -2.58. The molecule has 10 nitrogen and oxygen atoms in total. The molecule has 0 spiro atoms. The van der Waals surface area contributed by atoms with Crippen LogP contribution in [0.2, 0.25) is 0 Å². The molecular weight excluding hydrogens is 326 g/mol. The van der Waals surface area contributed by atoms with E-state index in [-0.39, 0.29) is 12.3 Å². The number of hydrogen-bond donors (Lipinski definition) is 0. The fourth-order valence-corrected chi connectivity index (χ4v) is 2.20. The Labute approximate surface area is 137 Å². The van der Waals surface area contributed by atoms with E-state index < -0.39 is 48.8 Å². The second-order valence-corrected chi connectivity index (χ2v) is 5.08. The van der Waals surface area contributed by atoms with Crippen LogP contribution in [0.4, 0.5) is 0 Å². The number of hydroxylamine groups is 1. The monoisotopic (exact) mass is 345 g/mol. The van der Waals surface area contributed by atoms with Gasteiger partial charge in [0.25, 0.3) is 0 Å². The molecule has 1 aliphatic heterocycles. The van der Waals surface area contributed by atoms with E-state index in [1.54, 1.807) is 0 Å². The molecule has 10 heteroatoms. The molecule has 1 aliphatic rings. The Bertz CT molecular complexity index is 569. The SMILES string of the molecule is CC(=O)OCC1=[N+]([O-])C[C@H](OC(C)=O)[C@@H](OC(C)=O)[C@@H]1OC(C)=O. The molecule has 1 heterocycles. The van der Waals surface area contributed by atoms with Gasteiger partial charge >= 0.3 is 23.9 Å². The number of hydrogen-bond acceptors (Lipinski definition) is 9. The van der Waals surface area contributed by atoms with Gasteiger partial charge in [-0.25, -0.2) is 4.74 Å². The van der Waals surface area contributed by atoms with E-state index in [1.807, 2.05) is 0 Å². The molecular formula is C14H19NO9. The van der Waals surface area contributed by atoms with Crippen molar-refractivity contribution in [1.29, 1.82) is 0 Å². The van der Waals surface area contributed by atoms with Crippen LogP contribution in [0.3, 0.4) is 0 Å². The fourth-order valence-electron chi connectivity index (χ4n) is 2.20. The second kappa shape index (κ2) is 8.27. The Balaban J connectivity index is 3.22. The minimum absolute atomic E-state index is 0.130. The van der Waals surface area contributed by atoms with Crippen LogP contribution in [0, 0.1) is 5.21 Å². The molecule has 0 aromatic heterocycles. The summed E-state index contributed by atoms with van der Waals surface area (Å²) in [5.41, 5.74) is -0.130. The van der Waals surface area contributed by atoms with Crippen molar-refractivity contribution in [3.8, 4) is 0 Å². The fraction of sp³-hybridized carbons (Fsp3) is 0.643. The highest BCUT2D eigenvalue weighted by Gasteiger charge is 2.49. The van der Waals surface area contributed by atoms with Crippen molar-refractivity contribution in [3.63, 3.8) is 0 Å². The minimum Gasteiger partial charge on any atom is -0.624 e. The van der Waals surface area contributed by atoms with Crippen molar-refractivity contribution in [1.82, 2.24) is 0 Å². The van der Waals surface area contributed by atoms with Crippen molar-refractivity contribution < 1.29 is 42.9 Å². The first kappa shape index (κ1) is 19.4. The summed E-state index contributed by atoms with van der Waals surface area (Å²) in [7, 11) is 0. The van der Waals surface area contributed by atoms with E-state index in [1.165, 1.54) is 0 Å². The predicted molar refractivity (Wildman–Crippen MR) is 76.8 cm³/mol. The van der Waals surface area contributed by atoms with Gasteiger partial charge in [0.15, 0.2) is 19.3 Å². The standard InChI is InChI=1S/C14H19NO9/c1-7(16)21-6-11-13(23-9(3)18)14(24-10(4)19)12(5-15(11)20)22-8(2)17/h12-14H,5-6H2,1-4H3/t12-,13+,14+/m0/s1. The second-order valence-electron chi connectivity index (χ2n) is 5.08. The van der Waals surface area contributed by atoms with Crippen molar-refractivity contribution >= 4 is 29.6 Å². The molecule has 24 heavy (non-hydrogen) atoms. The van der Waals surface area contributed by atoms with Gasteiger partial charge in [0.2, 0.25) is 17.9 Å². The van der Waals surface area contributed by atoms with Gasteiger partial charge in [-0.15, -0.1) is 0 Å². The van der Waals surface area contributed by atoms with E-state index in [2.05, 4.69) is 0 Å². The van der Waals surface area contributed by atoms with Crippen LogP contribution in [-0.4, -0.2) is 65.8 Å². The lowest BCUT2D eigenvalue weighted by atomic mass is 9.99. The zero-order valence-corrected chi connectivity index (χ0v) is 13.8. The molecule has 0 unspecified atom stereocenters. The molecule has 3 atom stereocenters. The normalized spacial score (nSPS) is 23.2. The summed E-state index contributed by atoms with van der Waals surface area (Å²) < 4.78 is 20.3. The van der Waals surface area contributed by atoms with Crippen molar-refractivity contribution in [2.24, 2.45) is 0 Å². The van der Waals surface area contributed by atoms with Crippen LogP contribution in [0.15, 0.2) is 0 Å². The van der Waals surface area contributed by atoms with Crippen LogP contribution in [0.25, 0.3) is 0 Å². The smallest absolute Gasteiger partial charge is 0.303 e. The summed E-state index contributed by atoms with van der Waals surface area (Å²) in [6.45, 7) is 3.65. The highest BCUT2D eigenvalue weighted by atomic mass is 16.6.